The molecular weight excluding hydrogens is 472 g/mol. The second-order valence-corrected chi connectivity index (χ2v) is 9.55. The smallest absolute Gasteiger partial charge is 0.0541 e. The van der Waals surface area contributed by atoms with Crippen LogP contribution in [-0.4, -0.2) is 7.05 Å². The molecule has 0 aromatic heterocycles. The summed E-state index contributed by atoms with van der Waals surface area (Å²) < 4.78 is 0. The highest BCUT2D eigenvalue weighted by atomic mass is 15.1. The normalized spacial score (nSPS) is 11.1. The van der Waals surface area contributed by atoms with Crippen LogP contribution in [0, 0.1) is 0 Å². The SMILES string of the molecule is CN(c1ccccc1)c1ccc(N(c2ccccc2)c2ccc(/C=C/c3ccccc3)cc2)c2ccccc12. The molecule has 0 bridgehead atoms. The molecule has 0 unspecified atom stereocenters. The van der Waals surface area contributed by atoms with Crippen LogP contribution in [0.1, 0.15) is 11.1 Å². The van der Waals surface area contributed by atoms with Crippen LogP contribution in [0.5, 0.6) is 0 Å². The Morgan fingerprint density at radius 1 is 0.385 bits per heavy atom. The van der Waals surface area contributed by atoms with E-state index in [9.17, 15) is 0 Å². The minimum Gasteiger partial charge on any atom is -0.344 e. The molecule has 6 aromatic rings. The topological polar surface area (TPSA) is 6.48 Å². The molecule has 6 rings (SSSR count). The highest BCUT2D eigenvalue weighted by Crippen LogP contribution is 2.42. The lowest BCUT2D eigenvalue weighted by atomic mass is 10.0. The minimum absolute atomic E-state index is 1.12. The summed E-state index contributed by atoms with van der Waals surface area (Å²) in [5.41, 5.74) is 8.09. The monoisotopic (exact) mass is 502 g/mol. The fraction of sp³-hybridized carbons (Fsp3) is 0.0270. The number of para-hydroxylation sites is 2. The second kappa shape index (κ2) is 11.1. The van der Waals surface area contributed by atoms with Gasteiger partial charge < -0.3 is 9.80 Å². The first-order valence-electron chi connectivity index (χ1n) is 13.3. The summed E-state index contributed by atoms with van der Waals surface area (Å²) >= 11 is 0. The van der Waals surface area contributed by atoms with E-state index in [1.807, 2.05) is 6.07 Å². The molecule has 0 fully saturated rings. The first kappa shape index (κ1) is 24.3. The maximum Gasteiger partial charge on any atom is 0.0541 e. The highest BCUT2D eigenvalue weighted by Gasteiger charge is 2.18. The van der Waals surface area contributed by atoms with E-state index in [1.54, 1.807) is 0 Å². The predicted molar refractivity (Wildman–Crippen MR) is 169 cm³/mol. The number of hydrogen-bond donors (Lipinski definition) is 0. The van der Waals surface area contributed by atoms with E-state index in [4.69, 9.17) is 0 Å². The van der Waals surface area contributed by atoms with Gasteiger partial charge in [-0.25, -0.2) is 0 Å². The highest BCUT2D eigenvalue weighted by molar-refractivity contribution is 6.06. The molecule has 2 heteroatoms. The Balaban J connectivity index is 1.43. The van der Waals surface area contributed by atoms with Crippen LogP contribution in [0.4, 0.5) is 28.4 Å². The number of fused-ring (bicyclic) bond motifs is 1. The maximum atomic E-state index is 2.35. The van der Waals surface area contributed by atoms with Crippen LogP contribution >= 0.6 is 0 Å². The lowest BCUT2D eigenvalue weighted by molar-refractivity contribution is 1.22. The van der Waals surface area contributed by atoms with Gasteiger partial charge in [0.1, 0.15) is 0 Å². The third-order valence-corrected chi connectivity index (χ3v) is 7.06. The van der Waals surface area contributed by atoms with E-state index < -0.39 is 0 Å². The zero-order chi connectivity index (χ0) is 26.4. The molecule has 188 valence electrons. The van der Waals surface area contributed by atoms with Gasteiger partial charge in [0.2, 0.25) is 0 Å². The molecule has 2 nitrogen and oxygen atoms in total. The molecule has 6 aromatic carbocycles. The third-order valence-electron chi connectivity index (χ3n) is 7.06. The van der Waals surface area contributed by atoms with Crippen molar-refractivity contribution in [3.8, 4) is 0 Å². The molecule has 0 heterocycles. The van der Waals surface area contributed by atoms with E-state index in [2.05, 4.69) is 175 Å². The molecule has 0 aliphatic carbocycles. The number of nitrogens with zero attached hydrogens (tertiary/aromatic N) is 2. The van der Waals surface area contributed by atoms with E-state index in [1.165, 1.54) is 27.6 Å². The van der Waals surface area contributed by atoms with Crippen molar-refractivity contribution in [2.75, 3.05) is 16.8 Å². The molecular formula is C37H30N2. The van der Waals surface area contributed by atoms with Crippen molar-refractivity contribution in [3.63, 3.8) is 0 Å². The largest absolute Gasteiger partial charge is 0.344 e. The summed E-state index contributed by atoms with van der Waals surface area (Å²) in [5, 5.41) is 2.42. The van der Waals surface area contributed by atoms with Crippen LogP contribution in [0.2, 0.25) is 0 Å². The van der Waals surface area contributed by atoms with Gasteiger partial charge in [0.05, 0.1) is 5.69 Å². The fourth-order valence-corrected chi connectivity index (χ4v) is 5.04. The third kappa shape index (κ3) is 5.18. The van der Waals surface area contributed by atoms with Crippen molar-refractivity contribution in [1.82, 2.24) is 0 Å². The number of hydrogen-bond acceptors (Lipinski definition) is 2. The number of rotatable bonds is 7. The molecule has 0 aliphatic rings. The average Bonchev–Trinajstić information content (AvgIpc) is 3.02. The Labute approximate surface area is 230 Å². The molecule has 0 saturated heterocycles. The first-order valence-corrected chi connectivity index (χ1v) is 13.3. The second-order valence-electron chi connectivity index (χ2n) is 9.55. The Bertz CT molecular complexity index is 1690. The Morgan fingerprint density at radius 2 is 0.821 bits per heavy atom. The lowest BCUT2D eigenvalue weighted by Gasteiger charge is -2.29. The average molecular weight is 503 g/mol. The van der Waals surface area contributed by atoms with Gasteiger partial charge in [0, 0.05) is 40.6 Å². The standard InChI is InChI=1S/C37H30N2/c1-38(31-15-7-3-8-16-31)36-27-28-37(35-20-12-11-19-34(35)36)39(32-17-9-4-10-18-32)33-25-23-30(24-26-33)22-21-29-13-5-2-6-14-29/h2-28H,1H3/b22-21+. The van der Waals surface area contributed by atoms with Crippen LogP contribution in [0.15, 0.2) is 152 Å². The Kier molecular flexibility index (Phi) is 6.92. The van der Waals surface area contributed by atoms with Gasteiger partial charge in [0.25, 0.3) is 0 Å². The molecule has 0 saturated carbocycles. The van der Waals surface area contributed by atoms with E-state index >= 15 is 0 Å². The molecule has 0 aliphatic heterocycles. The van der Waals surface area contributed by atoms with E-state index in [-0.39, 0.29) is 0 Å². The summed E-state index contributed by atoms with van der Waals surface area (Å²) in [6.07, 6.45) is 4.31. The summed E-state index contributed by atoms with van der Waals surface area (Å²) in [6.45, 7) is 0. The zero-order valence-electron chi connectivity index (χ0n) is 22.0. The van der Waals surface area contributed by atoms with Crippen molar-refractivity contribution >= 4 is 51.4 Å². The number of benzene rings is 6. The van der Waals surface area contributed by atoms with Gasteiger partial charge in [-0.05, 0) is 59.7 Å². The summed E-state index contributed by atoms with van der Waals surface area (Å²) in [7, 11) is 2.13. The Hall–Kier alpha value is -5.08. The number of anilines is 5. The van der Waals surface area contributed by atoms with Crippen molar-refractivity contribution in [1.29, 1.82) is 0 Å². The van der Waals surface area contributed by atoms with Crippen molar-refractivity contribution in [2.45, 2.75) is 0 Å². The van der Waals surface area contributed by atoms with Gasteiger partial charge >= 0.3 is 0 Å². The summed E-state index contributed by atoms with van der Waals surface area (Å²) in [5.74, 6) is 0. The van der Waals surface area contributed by atoms with Crippen molar-refractivity contribution in [2.24, 2.45) is 0 Å². The van der Waals surface area contributed by atoms with E-state index in [0.717, 1.165) is 22.7 Å². The maximum absolute atomic E-state index is 2.35. The first-order chi connectivity index (χ1) is 19.3. The van der Waals surface area contributed by atoms with Crippen molar-refractivity contribution in [3.05, 3.63) is 163 Å². The summed E-state index contributed by atoms with van der Waals surface area (Å²) in [6, 6.07) is 53.4. The van der Waals surface area contributed by atoms with E-state index in [0.29, 0.717) is 0 Å². The van der Waals surface area contributed by atoms with Crippen molar-refractivity contribution < 1.29 is 0 Å². The predicted octanol–water partition coefficient (Wildman–Crippen LogP) is 10.2. The quantitative estimate of drug-likeness (QED) is 0.200. The minimum atomic E-state index is 1.12. The van der Waals surface area contributed by atoms with Gasteiger partial charge in [-0.2, -0.15) is 0 Å². The van der Waals surface area contributed by atoms with Crippen LogP contribution in [0.25, 0.3) is 22.9 Å². The van der Waals surface area contributed by atoms with Gasteiger partial charge in [-0.3, -0.25) is 0 Å². The molecule has 39 heavy (non-hydrogen) atoms. The molecule has 0 N–H and O–H groups in total. The van der Waals surface area contributed by atoms with Gasteiger partial charge in [0.15, 0.2) is 0 Å². The van der Waals surface area contributed by atoms with Crippen LogP contribution in [-0.2, 0) is 0 Å². The zero-order valence-corrected chi connectivity index (χ0v) is 22.0. The van der Waals surface area contributed by atoms with Gasteiger partial charge in [-0.15, -0.1) is 0 Å². The van der Waals surface area contributed by atoms with Crippen LogP contribution < -0.4 is 9.80 Å². The molecule has 0 radical (unpaired) electrons. The summed E-state index contributed by atoms with van der Waals surface area (Å²) in [4.78, 5) is 4.60. The molecule has 0 atom stereocenters. The lowest BCUT2D eigenvalue weighted by Crippen LogP contribution is -2.13. The van der Waals surface area contributed by atoms with Crippen LogP contribution in [0.3, 0.4) is 0 Å². The molecule has 0 spiro atoms. The van der Waals surface area contributed by atoms with Gasteiger partial charge in [-0.1, -0.05) is 115 Å². The fourth-order valence-electron chi connectivity index (χ4n) is 5.04. The Morgan fingerprint density at radius 3 is 1.44 bits per heavy atom. The molecule has 0 amide bonds.